The minimum Gasteiger partial charge on any atom is -0.491 e. The molecule has 4 nitrogen and oxygen atoms in total. The van der Waals surface area contributed by atoms with Crippen LogP contribution in [0.5, 0.6) is 5.75 Å². The lowest BCUT2D eigenvalue weighted by molar-refractivity contribution is -0.125. The molecule has 0 saturated heterocycles. The molecule has 1 aliphatic rings. The Morgan fingerprint density at radius 3 is 2.36 bits per heavy atom. The van der Waals surface area contributed by atoms with Crippen LogP contribution in [0, 0.1) is 5.92 Å². The fourth-order valence-corrected chi connectivity index (χ4v) is 2.83. The van der Waals surface area contributed by atoms with Crippen LogP contribution in [0.4, 0.5) is 0 Å². The summed E-state index contributed by atoms with van der Waals surface area (Å²) in [6.07, 6.45) is 3.07. The van der Waals surface area contributed by atoms with Gasteiger partial charge in [-0.2, -0.15) is 0 Å². The molecule has 0 aliphatic heterocycles. The lowest BCUT2D eigenvalue weighted by Gasteiger charge is -2.20. The molecular formula is C17H27ClN2O2. The third kappa shape index (κ3) is 4.89. The maximum absolute atomic E-state index is 12.2. The molecular weight excluding hydrogens is 300 g/mol. The summed E-state index contributed by atoms with van der Waals surface area (Å²) >= 11 is 0. The van der Waals surface area contributed by atoms with Crippen molar-refractivity contribution in [1.82, 2.24) is 5.32 Å². The summed E-state index contributed by atoms with van der Waals surface area (Å²) in [5.74, 6) is 0.899. The van der Waals surface area contributed by atoms with Crippen molar-refractivity contribution in [2.45, 2.75) is 58.2 Å². The van der Waals surface area contributed by atoms with Gasteiger partial charge in [0.15, 0.2) is 0 Å². The summed E-state index contributed by atoms with van der Waals surface area (Å²) in [7, 11) is 0. The van der Waals surface area contributed by atoms with E-state index in [2.05, 4.69) is 5.32 Å². The normalized spacial score (nSPS) is 22.0. The summed E-state index contributed by atoms with van der Waals surface area (Å²) in [4.78, 5) is 12.2. The van der Waals surface area contributed by atoms with E-state index in [-0.39, 0.29) is 42.4 Å². The number of nitrogens with one attached hydrogen (secondary N) is 1. The number of rotatable bonds is 5. The highest BCUT2D eigenvalue weighted by atomic mass is 35.5. The first kappa shape index (κ1) is 18.8. The van der Waals surface area contributed by atoms with Gasteiger partial charge in [0.05, 0.1) is 18.1 Å². The van der Waals surface area contributed by atoms with Crippen LogP contribution < -0.4 is 15.8 Å². The first-order valence-corrected chi connectivity index (χ1v) is 7.80. The Bertz CT molecular complexity index is 476. The minimum absolute atomic E-state index is 0. The molecule has 5 heteroatoms. The van der Waals surface area contributed by atoms with E-state index in [1.165, 1.54) is 0 Å². The highest BCUT2D eigenvalue weighted by molar-refractivity contribution is 5.85. The molecule has 0 bridgehead atoms. The van der Waals surface area contributed by atoms with Crippen LogP contribution in [0.2, 0.25) is 0 Å². The van der Waals surface area contributed by atoms with Crippen LogP contribution >= 0.6 is 12.4 Å². The Morgan fingerprint density at radius 1 is 1.23 bits per heavy atom. The third-order valence-electron chi connectivity index (χ3n) is 4.02. The second kappa shape index (κ2) is 8.39. The van der Waals surface area contributed by atoms with Crippen LogP contribution in [0.15, 0.2) is 24.3 Å². The van der Waals surface area contributed by atoms with Crippen molar-refractivity contribution in [2.24, 2.45) is 11.7 Å². The Hall–Kier alpha value is -1.26. The van der Waals surface area contributed by atoms with Crippen LogP contribution in [0.25, 0.3) is 0 Å². The van der Waals surface area contributed by atoms with E-state index in [1.807, 2.05) is 45.0 Å². The van der Waals surface area contributed by atoms with Crippen LogP contribution in [0.1, 0.15) is 51.6 Å². The average molecular weight is 327 g/mol. The predicted molar refractivity (Wildman–Crippen MR) is 91.3 cm³/mol. The van der Waals surface area contributed by atoms with Gasteiger partial charge < -0.3 is 15.8 Å². The summed E-state index contributed by atoms with van der Waals surface area (Å²) in [6.45, 7) is 6.00. The van der Waals surface area contributed by atoms with Crippen LogP contribution in [0.3, 0.4) is 0 Å². The smallest absolute Gasteiger partial charge is 0.225 e. The molecule has 1 saturated carbocycles. The molecule has 0 heterocycles. The number of hydrogen-bond acceptors (Lipinski definition) is 3. The Labute approximate surface area is 139 Å². The maximum atomic E-state index is 12.2. The largest absolute Gasteiger partial charge is 0.491 e. The highest BCUT2D eigenvalue weighted by Crippen LogP contribution is 2.25. The van der Waals surface area contributed by atoms with Crippen LogP contribution in [-0.2, 0) is 4.79 Å². The number of carbonyl (C=O) groups is 1. The van der Waals surface area contributed by atoms with Gasteiger partial charge in [0.1, 0.15) is 5.75 Å². The van der Waals surface area contributed by atoms with Gasteiger partial charge in [-0.25, -0.2) is 0 Å². The van der Waals surface area contributed by atoms with Gasteiger partial charge in [-0.3, -0.25) is 4.79 Å². The molecule has 3 N–H and O–H groups in total. The van der Waals surface area contributed by atoms with Crippen molar-refractivity contribution in [3.63, 3.8) is 0 Å². The lowest BCUT2D eigenvalue weighted by atomic mass is 10.0. The van der Waals surface area contributed by atoms with Crippen molar-refractivity contribution in [1.29, 1.82) is 0 Å². The SMILES string of the molecule is CC(C)Oc1ccc(C(C)NC(=O)C2CCCC2N)cc1.Cl. The number of nitrogens with two attached hydrogens (primary N) is 1. The third-order valence-corrected chi connectivity index (χ3v) is 4.02. The fourth-order valence-electron chi connectivity index (χ4n) is 2.83. The standard InChI is InChI=1S/C17H26N2O2.ClH/c1-11(2)21-14-9-7-13(8-10-14)12(3)19-17(20)15-5-4-6-16(15)18;/h7-12,15-16H,4-6,18H2,1-3H3,(H,19,20);1H. The van der Waals surface area contributed by atoms with Gasteiger partial charge in [0, 0.05) is 6.04 Å². The van der Waals surface area contributed by atoms with E-state index >= 15 is 0 Å². The molecule has 1 aromatic rings. The van der Waals surface area contributed by atoms with E-state index in [1.54, 1.807) is 0 Å². The number of halogens is 1. The first-order chi connectivity index (χ1) is 9.97. The van der Waals surface area contributed by atoms with Crippen molar-refractivity contribution >= 4 is 18.3 Å². The van der Waals surface area contributed by atoms with Gasteiger partial charge in [-0.1, -0.05) is 18.6 Å². The fraction of sp³-hybridized carbons (Fsp3) is 0.588. The molecule has 1 fully saturated rings. The summed E-state index contributed by atoms with van der Waals surface area (Å²) in [5.41, 5.74) is 7.06. The molecule has 22 heavy (non-hydrogen) atoms. The Kier molecular flexibility index (Phi) is 7.17. The van der Waals surface area contributed by atoms with Gasteiger partial charge >= 0.3 is 0 Å². The molecule has 1 aliphatic carbocycles. The number of hydrogen-bond donors (Lipinski definition) is 2. The van der Waals surface area contributed by atoms with Crippen molar-refractivity contribution in [3.05, 3.63) is 29.8 Å². The number of amides is 1. The number of carbonyl (C=O) groups excluding carboxylic acids is 1. The number of ether oxygens (including phenoxy) is 1. The number of benzene rings is 1. The molecule has 3 atom stereocenters. The van der Waals surface area contributed by atoms with Gasteiger partial charge in [0.25, 0.3) is 0 Å². The molecule has 3 unspecified atom stereocenters. The topological polar surface area (TPSA) is 64.3 Å². The van der Waals surface area contributed by atoms with Crippen molar-refractivity contribution in [3.8, 4) is 5.75 Å². The Balaban J connectivity index is 0.00000242. The zero-order valence-electron chi connectivity index (χ0n) is 13.5. The molecule has 1 aromatic carbocycles. The Morgan fingerprint density at radius 2 is 1.86 bits per heavy atom. The summed E-state index contributed by atoms with van der Waals surface area (Å²) in [5, 5.41) is 3.07. The van der Waals surface area contributed by atoms with Crippen molar-refractivity contribution < 1.29 is 9.53 Å². The highest BCUT2D eigenvalue weighted by Gasteiger charge is 2.30. The van der Waals surface area contributed by atoms with E-state index in [0.717, 1.165) is 30.6 Å². The molecule has 0 radical (unpaired) electrons. The second-order valence-electron chi connectivity index (χ2n) is 6.17. The van der Waals surface area contributed by atoms with E-state index in [4.69, 9.17) is 10.5 Å². The molecule has 1 amide bonds. The molecule has 0 aromatic heterocycles. The predicted octanol–water partition coefficient (Wildman–Crippen LogP) is 3.20. The van der Waals surface area contributed by atoms with Gasteiger partial charge in [-0.15, -0.1) is 12.4 Å². The molecule has 124 valence electrons. The molecule has 2 rings (SSSR count). The van der Waals surface area contributed by atoms with Gasteiger partial charge in [0.2, 0.25) is 5.91 Å². The van der Waals surface area contributed by atoms with Gasteiger partial charge in [-0.05, 0) is 51.3 Å². The van der Waals surface area contributed by atoms with Crippen LogP contribution in [-0.4, -0.2) is 18.1 Å². The van der Waals surface area contributed by atoms with E-state index in [0.29, 0.717) is 0 Å². The quantitative estimate of drug-likeness (QED) is 0.873. The zero-order chi connectivity index (χ0) is 15.4. The monoisotopic (exact) mass is 326 g/mol. The zero-order valence-corrected chi connectivity index (χ0v) is 14.4. The second-order valence-corrected chi connectivity index (χ2v) is 6.17. The molecule has 0 spiro atoms. The maximum Gasteiger partial charge on any atom is 0.225 e. The minimum atomic E-state index is -0.0315. The lowest BCUT2D eigenvalue weighted by Crippen LogP contribution is -2.39. The van der Waals surface area contributed by atoms with Crippen molar-refractivity contribution in [2.75, 3.05) is 0 Å². The average Bonchev–Trinajstić information content (AvgIpc) is 2.85. The van der Waals surface area contributed by atoms with E-state index < -0.39 is 0 Å². The van der Waals surface area contributed by atoms with E-state index in [9.17, 15) is 4.79 Å². The summed E-state index contributed by atoms with van der Waals surface area (Å²) in [6, 6.07) is 7.88. The first-order valence-electron chi connectivity index (χ1n) is 7.80. The summed E-state index contributed by atoms with van der Waals surface area (Å²) < 4.78 is 5.62.